The van der Waals surface area contributed by atoms with Gasteiger partial charge in [-0.05, 0) is 18.2 Å². The van der Waals surface area contributed by atoms with Gasteiger partial charge in [-0.3, -0.25) is 10.1 Å². The van der Waals surface area contributed by atoms with Gasteiger partial charge in [0.25, 0.3) is 5.91 Å². The number of anilines is 1. The molecule has 2 aromatic carbocycles. The Morgan fingerprint density at radius 1 is 1.00 bits per heavy atom. The van der Waals surface area contributed by atoms with Crippen LogP contribution in [-0.4, -0.2) is 25.9 Å². The molecule has 7 heteroatoms. The van der Waals surface area contributed by atoms with Crippen molar-refractivity contribution in [1.82, 2.24) is 20.0 Å². The molecule has 0 aliphatic rings. The van der Waals surface area contributed by atoms with Crippen LogP contribution in [0, 0.1) is 6.92 Å². The zero-order valence-electron chi connectivity index (χ0n) is 14.0. The van der Waals surface area contributed by atoms with E-state index in [1.807, 2.05) is 60.7 Å². The molecule has 0 atom stereocenters. The van der Waals surface area contributed by atoms with E-state index >= 15 is 0 Å². The number of nitrogens with zero attached hydrogens (tertiary/aromatic N) is 4. The van der Waals surface area contributed by atoms with E-state index in [-0.39, 0.29) is 11.9 Å². The highest BCUT2D eigenvalue weighted by atomic mass is 16.4. The summed E-state index contributed by atoms with van der Waals surface area (Å²) in [5.41, 5.74) is 2.76. The number of hydrogen-bond acceptors (Lipinski definition) is 5. The minimum atomic E-state index is -0.382. The second-order valence-corrected chi connectivity index (χ2v) is 5.61. The molecular weight excluding hydrogens is 330 g/mol. The number of rotatable bonds is 4. The van der Waals surface area contributed by atoms with Crippen LogP contribution in [0.2, 0.25) is 0 Å². The maximum Gasteiger partial charge on any atom is 0.322 e. The molecule has 4 aromatic rings. The number of hydrogen-bond donors (Lipinski definition) is 1. The summed E-state index contributed by atoms with van der Waals surface area (Å²) < 4.78 is 6.83. The lowest BCUT2D eigenvalue weighted by molar-refractivity contribution is 0.101. The summed E-state index contributed by atoms with van der Waals surface area (Å²) in [7, 11) is 0. The van der Waals surface area contributed by atoms with Gasteiger partial charge in [-0.1, -0.05) is 53.6 Å². The van der Waals surface area contributed by atoms with Crippen molar-refractivity contribution in [3.63, 3.8) is 0 Å². The first-order valence-electron chi connectivity index (χ1n) is 8.03. The molecule has 0 radical (unpaired) electrons. The van der Waals surface area contributed by atoms with Crippen LogP contribution in [-0.2, 0) is 0 Å². The minimum Gasteiger partial charge on any atom is -0.408 e. The number of carbonyl (C=O) groups excluding carboxylic acids is 1. The summed E-state index contributed by atoms with van der Waals surface area (Å²) in [6, 6.07) is 20.9. The average Bonchev–Trinajstić information content (AvgIpc) is 3.30. The molecule has 26 heavy (non-hydrogen) atoms. The zero-order valence-corrected chi connectivity index (χ0v) is 14.0. The molecule has 2 aromatic heterocycles. The van der Waals surface area contributed by atoms with E-state index in [1.165, 1.54) is 0 Å². The number of benzene rings is 2. The molecule has 4 rings (SSSR count). The molecule has 0 unspecified atom stereocenters. The Labute approximate surface area is 149 Å². The lowest BCUT2D eigenvalue weighted by Gasteiger charge is -2.06. The third-order valence-electron chi connectivity index (χ3n) is 3.76. The van der Waals surface area contributed by atoms with Crippen LogP contribution in [0.4, 0.5) is 6.01 Å². The molecule has 2 heterocycles. The van der Waals surface area contributed by atoms with Crippen molar-refractivity contribution in [2.45, 2.75) is 6.92 Å². The lowest BCUT2D eigenvalue weighted by atomic mass is 10.1. The summed E-state index contributed by atoms with van der Waals surface area (Å²) in [6.45, 7) is 1.66. The number of para-hydroxylation sites is 1. The smallest absolute Gasteiger partial charge is 0.322 e. The highest BCUT2D eigenvalue weighted by Crippen LogP contribution is 2.22. The van der Waals surface area contributed by atoms with E-state index in [4.69, 9.17) is 4.42 Å². The van der Waals surface area contributed by atoms with Crippen LogP contribution in [0.15, 0.2) is 71.1 Å². The van der Waals surface area contributed by atoms with Crippen molar-refractivity contribution in [3.8, 4) is 16.9 Å². The molecule has 0 bridgehead atoms. The molecule has 0 saturated carbocycles. The topological polar surface area (TPSA) is 85.8 Å². The fourth-order valence-corrected chi connectivity index (χ4v) is 2.57. The van der Waals surface area contributed by atoms with Crippen molar-refractivity contribution in [2.75, 3.05) is 5.32 Å². The quantitative estimate of drug-likeness (QED) is 0.612. The van der Waals surface area contributed by atoms with E-state index in [0.717, 1.165) is 11.3 Å². The maximum absolute atomic E-state index is 12.8. The second-order valence-electron chi connectivity index (χ2n) is 5.61. The van der Waals surface area contributed by atoms with Gasteiger partial charge in [0, 0.05) is 12.5 Å². The number of aryl methyl sites for hydroxylation is 1. The number of aromatic nitrogens is 4. The minimum absolute atomic E-state index is 0.0505. The van der Waals surface area contributed by atoms with Crippen LogP contribution in [0.3, 0.4) is 0 Å². The van der Waals surface area contributed by atoms with Crippen molar-refractivity contribution >= 4 is 11.9 Å². The Kier molecular flexibility index (Phi) is 4.03. The Morgan fingerprint density at radius 3 is 2.35 bits per heavy atom. The van der Waals surface area contributed by atoms with Gasteiger partial charge in [0.15, 0.2) is 0 Å². The standard InChI is InChI=1S/C19H15N5O2/c1-13-21-22-19(26-13)20-18(25)17-12-16(14-8-4-2-5-9-14)23-24(17)15-10-6-3-7-11-15/h2-12H,1H3,(H,20,22,25). The highest BCUT2D eigenvalue weighted by molar-refractivity contribution is 6.03. The first-order valence-corrected chi connectivity index (χ1v) is 8.03. The molecule has 7 nitrogen and oxygen atoms in total. The first kappa shape index (κ1) is 15.8. The number of nitrogens with one attached hydrogen (secondary N) is 1. The van der Waals surface area contributed by atoms with E-state index in [9.17, 15) is 4.79 Å². The van der Waals surface area contributed by atoms with Gasteiger partial charge < -0.3 is 4.42 Å². The molecular formula is C19H15N5O2. The van der Waals surface area contributed by atoms with Crippen LogP contribution in [0.5, 0.6) is 0 Å². The Hall–Kier alpha value is -3.74. The van der Waals surface area contributed by atoms with Crippen molar-refractivity contribution < 1.29 is 9.21 Å². The predicted octanol–water partition coefficient (Wildman–Crippen LogP) is 3.48. The summed E-state index contributed by atoms with van der Waals surface area (Å²) in [5, 5.41) is 14.7. The molecule has 0 aliphatic heterocycles. The molecule has 0 aliphatic carbocycles. The van der Waals surface area contributed by atoms with E-state index < -0.39 is 0 Å². The van der Waals surface area contributed by atoms with Crippen LogP contribution in [0.25, 0.3) is 16.9 Å². The summed E-state index contributed by atoms with van der Waals surface area (Å²) >= 11 is 0. The molecule has 0 saturated heterocycles. The second kappa shape index (κ2) is 6.64. The molecule has 0 fully saturated rings. The molecule has 128 valence electrons. The third kappa shape index (κ3) is 3.10. The Bertz CT molecular complexity index is 1040. The Balaban J connectivity index is 1.76. The third-order valence-corrected chi connectivity index (χ3v) is 3.76. The normalized spacial score (nSPS) is 10.7. The highest BCUT2D eigenvalue weighted by Gasteiger charge is 2.19. The van der Waals surface area contributed by atoms with Gasteiger partial charge in [0.2, 0.25) is 5.89 Å². The average molecular weight is 345 g/mol. The van der Waals surface area contributed by atoms with E-state index in [2.05, 4.69) is 20.6 Å². The van der Waals surface area contributed by atoms with Crippen molar-refractivity contribution in [2.24, 2.45) is 0 Å². The van der Waals surface area contributed by atoms with Crippen LogP contribution < -0.4 is 5.32 Å². The van der Waals surface area contributed by atoms with E-state index in [1.54, 1.807) is 17.7 Å². The Morgan fingerprint density at radius 2 is 1.69 bits per heavy atom. The SMILES string of the molecule is Cc1nnc(NC(=O)c2cc(-c3ccccc3)nn2-c2ccccc2)o1. The first-order chi connectivity index (χ1) is 12.7. The fraction of sp³-hybridized carbons (Fsp3) is 0.0526. The number of amides is 1. The van der Waals surface area contributed by atoms with Gasteiger partial charge in [-0.2, -0.15) is 5.10 Å². The largest absolute Gasteiger partial charge is 0.408 e. The van der Waals surface area contributed by atoms with Crippen molar-refractivity contribution in [1.29, 1.82) is 0 Å². The lowest BCUT2D eigenvalue weighted by Crippen LogP contribution is -2.17. The van der Waals surface area contributed by atoms with Gasteiger partial charge in [0.05, 0.1) is 11.4 Å². The molecule has 0 spiro atoms. The summed E-state index contributed by atoms with van der Waals surface area (Å²) in [6.07, 6.45) is 0. The number of carbonyl (C=O) groups is 1. The monoisotopic (exact) mass is 345 g/mol. The summed E-state index contributed by atoms with van der Waals surface area (Å²) in [5.74, 6) is -0.00553. The summed E-state index contributed by atoms with van der Waals surface area (Å²) in [4.78, 5) is 12.8. The molecule has 1 amide bonds. The van der Waals surface area contributed by atoms with Crippen LogP contribution in [0.1, 0.15) is 16.4 Å². The fourth-order valence-electron chi connectivity index (χ4n) is 2.57. The van der Waals surface area contributed by atoms with Crippen LogP contribution >= 0.6 is 0 Å². The van der Waals surface area contributed by atoms with Crippen molar-refractivity contribution in [3.05, 3.63) is 78.3 Å². The maximum atomic E-state index is 12.8. The zero-order chi connectivity index (χ0) is 17.9. The predicted molar refractivity (Wildman–Crippen MR) is 96.0 cm³/mol. The van der Waals surface area contributed by atoms with E-state index in [0.29, 0.717) is 17.3 Å². The van der Waals surface area contributed by atoms with Gasteiger partial charge in [-0.25, -0.2) is 4.68 Å². The molecule has 1 N–H and O–H groups in total. The van der Waals surface area contributed by atoms with Gasteiger partial charge in [-0.15, -0.1) is 5.10 Å². The van der Waals surface area contributed by atoms with Gasteiger partial charge >= 0.3 is 6.01 Å². The van der Waals surface area contributed by atoms with Gasteiger partial charge in [0.1, 0.15) is 5.69 Å².